The van der Waals surface area contributed by atoms with Gasteiger partial charge in [0.25, 0.3) is 0 Å². The molecule has 2 unspecified atom stereocenters. The molecule has 11 atom stereocenters. The minimum Gasteiger partial charge on any atom is -0.449 e. The largest absolute Gasteiger partial charge is 0.449 e. The molecule has 0 spiro atoms. The molecule has 1 saturated heterocycles. The van der Waals surface area contributed by atoms with Crippen LogP contribution in [-0.2, 0) is 4.74 Å². The van der Waals surface area contributed by atoms with Crippen LogP contribution >= 0.6 is 11.9 Å². The normalized spacial score (nSPS) is 47.4. The summed E-state index contributed by atoms with van der Waals surface area (Å²) in [4.78, 5) is 12.4. The van der Waals surface area contributed by atoms with Crippen molar-refractivity contribution in [2.24, 2.45) is 52.3 Å². The van der Waals surface area contributed by atoms with Gasteiger partial charge in [0.15, 0.2) is 0 Å². The Labute approximate surface area is 223 Å². The first-order valence-electron chi connectivity index (χ1n) is 15.1. The van der Waals surface area contributed by atoms with Crippen LogP contribution in [0.4, 0.5) is 4.79 Å². The third-order valence-electron chi connectivity index (χ3n) is 12.2. The van der Waals surface area contributed by atoms with Gasteiger partial charge >= 0.3 is 6.09 Å². The van der Waals surface area contributed by atoms with E-state index in [2.05, 4.69) is 27.7 Å². The lowest BCUT2D eigenvalue weighted by atomic mass is 9.41. The lowest BCUT2D eigenvalue weighted by molar-refractivity contribution is -0.203. The first-order valence-corrected chi connectivity index (χ1v) is 16.1. The number of ether oxygens (including phenoxy) is 1. The Balaban J connectivity index is 1.26. The molecule has 4 saturated carbocycles. The summed E-state index contributed by atoms with van der Waals surface area (Å²) in [5.74, 6) is 4.52. The van der Waals surface area contributed by atoms with Crippen molar-refractivity contribution in [2.45, 2.75) is 111 Å². The van der Waals surface area contributed by atoms with E-state index in [0.29, 0.717) is 48.0 Å². The highest BCUT2D eigenvalue weighted by Gasteiger charge is 2.64. The Hall–Kier alpha value is -0.460. The zero-order chi connectivity index (χ0) is 25.7. The van der Waals surface area contributed by atoms with Gasteiger partial charge in [0.2, 0.25) is 0 Å². The molecule has 1 heterocycles. The standard InChI is InChI=1S/C30H51NO4S/c1-5-21-25-18-20(32)10-13-30(25,4)24-11-14-29(3)22(8-9-23(29)26(24)27(21)33)19(2)12-16-35-28(34)31-15-6-7-17-36-31/h19-27,32-33H,5-18H2,1-4H3/t19-,20-,21-,22-,23+,24?,25+,26?,27-,29-,30-/m1/s1. The highest BCUT2D eigenvalue weighted by atomic mass is 32.2. The Morgan fingerprint density at radius 2 is 1.81 bits per heavy atom. The fourth-order valence-electron chi connectivity index (χ4n) is 10.3. The number of rotatable bonds is 5. The van der Waals surface area contributed by atoms with Crippen LogP contribution in [0.2, 0.25) is 0 Å². The van der Waals surface area contributed by atoms with E-state index in [-0.39, 0.29) is 29.1 Å². The van der Waals surface area contributed by atoms with Gasteiger partial charge in [-0.05, 0) is 128 Å². The van der Waals surface area contributed by atoms with Gasteiger partial charge in [0, 0.05) is 12.3 Å². The minimum atomic E-state index is -0.231. The molecule has 36 heavy (non-hydrogen) atoms. The van der Waals surface area contributed by atoms with Crippen molar-refractivity contribution in [3.63, 3.8) is 0 Å². The van der Waals surface area contributed by atoms with Crippen molar-refractivity contribution in [3.05, 3.63) is 0 Å². The summed E-state index contributed by atoms with van der Waals surface area (Å²) >= 11 is 1.61. The average Bonchev–Trinajstić information content (AvgIpc) is 3.23. The van der Waals surface area contributed by atoms with Gasteiger partial charge in [-0.3, -0.25) is 4.31 Å². The predicted molar refractivity (Wildman–Crippen MR) is 145 cm³/mol. The van der Waals surface area contributed by atoms with E-state index in [1.165, 1.54) is 32.1 Å². The van der Waals surface area contributed by atoms with Gasteiger partial charge in [0.05, 0.1) is 18.8 Å². The van der Waals surface area contributed by atoms with Crippen LogP contribution in [0, 0.1) is 52.3 Å². The van der Waals surface area contributed by atoms with Crippen molar-refractivity contribution in [1.82, 2.24) is 4.31 Å². The van der Waals surface area contributed by atoms with Crippen molar-refractivity contribution < 1.29 is 19.7 Å². The van der Waals surface area contributed by atoms with Crippen LogP contribution in [-0.4, -0.2) is 51.7 Å². The molecule has 5 fully saturated rings. The van der Waals surface area contributed by atoms with Gasteiger partial charge < -0.3 is 14.9 Å². The summed E-state index contributed by atoms with van der Waals surface area (Å²) in [7, 11) is 0. The maximum absolute atomic E-state index is 12.4. The zero-order valence-electron chi connectivity index (χ0n) is 23.2. The molecule has 206 valence electrons. The van der Waals surface area contributed by atoms with Crippen LogP contribution in [0.15, 0.2) is 0 Å². The molecule has 5 nitrogen and oxygen atoms in total. The summed E-state index contributed by atoms with van der Waals surface area (Å²) in [6.45, 7) is 11.0. The number of aliphatic hydroxyl groups excluding tert-OH is 2. The lowest BCUT2D eigenvalue weighted by Crippen LogP contribution is -2.62. The molecule has 1 aliphatic heterocycles. The van der Waals surface area contributed by atoms with Gasteiger partial charge in [-0.15, -0.1) is 0 Å². The lowest BCUT2D eigenvalue weighted by Gasteiger charge is -2.64. The Kier molecular flexibility index (Phi) is 7.99. The third-order valence-corrected chi connectivity index (χ3v) is 13.3. The fourth-order valence-corrected chi connectivity index (χ4v) is 11.2. The quantitative estimate of drug-likeness (QED) is 0.403. The van der Waals surface area contributed by atoms with Crippen molar-refractivity contribution in [1.29, 1.82) is 0 Å². The van der Waals surface area contributed by atoms with E-state index in [1.807, 2.05) is 0 Å². The molecule has 0 bridgehead atoms. The first kappa shape index (κ1) is 27.1. The van der Waals surface area contributed by atoms with E-state index in [0.717, 1.165) is 50.8 Å². The Morgan fingerprint density at radius 1 is 1.06 bits per heavy atom. The van der Waals surface area contributed by atoms with Crippen LogP contribution in [0.3, 0.4) is 0 Å². The van der Waals surface area contributed by atoms with Crippen LogP contribution in [0.5, 0.6) is 0 Å². The molecule has 6 heteroatoms. The molecule has 5 rings (SSSR count). The second-order valence-electron chi connectivity index (χ2n) is 13.6. The number of hydrogen-bond donors (Lipinski definition) is 2. The van der Waals surface area contributed by atoms with Crippen molar-refractivity contribution >= 4 is 18.0 Å². The number of amides is 1. The third kappa shape index (κ3) is 4.53. The molecule has 5 aliphatic rings. The monoisotopic (exact) mass is 521 g/mol. The molecule has 0 aromatic rings. The maximum Gasteiger partial charge on any atom is 0.419 e. The Bertz CT molecular complexity index is 789. The highest BCUT2D eigenvalue weighted by molar-refractivity contribution is 7.97. The van der Waals surface area contributed by atoms with Gasteiger partial charge in [-0.1, -0.05) is 34.1 Å². The van der Waals surface area contributed by atoms with Crippen molar-refractivity contribution in [3.8, 4) is 0 Å². The Morgan fingerprint density at radius 3 is 2.53 bits per heavy atom. The van der Waals surface area contributed by atoms with E-state index in [1.54, 1.807) is 16.3 Å². The van der Waals surface area contributed by atoms with Crippen molar-refractivity contribution in [2.75, 3.05) is 18.9 Å². The van der Waals surface area contributed by atoms with Crippen LogP contribution < -0.4 is 0 Å². The molecule has 2 N–H and O–H groups in total. The summed E-state index contributed by atoms with van der Waals surface area (Å²) in [6, 6.07) is 0. The molecule has 0 aromatic heterocycles. The fraction of sp³-hybridized carbons (Fsp3) is 0.967. The minimum absolute atomic E-state index is 0.153. The SMILES string of the molecule is CC[C@H]1[C@@H](O)C2C(CC[C@]3(C)[C@@H]([C@H](C)CCOC(=O)N4CCCCS4)CC[C@@H]23)[C@@]2(C)CC[C@@H](O)C[C@@H]12. The zero-order valence-corrected chi connectivity index (χ0v) is 24.0. The number of carbonyl (C=O) groups excluding carboxylic acids is 1. The summed E-state index contributed by atoms with van der Waals surface area (Å²) in [5, 5.41) is 22.4. The summed E-state index contributed by atoms with van der Waals surface area (Å²) in [5.41, 5.74) is 0.527. The predicted octanol–water partition coefficient (Wildman–Crippen LogP) is 6.52. The number of carbonyl (C=O) groups is 1. The molecular formula is C30H51NO4S. The average molecular weight is 522 g/mol. The van der Waals surface area contributed by atoms with E-state index in [4.69, 9.17) is 4.74 Å². The number of fused-ring (bicyclic) bond motifs is 5. The topological polar surface area (TPSA) is 70.0 Å². The van der Waals surface area contributed by atoms with Gasteiger partial charge in [0.1, 0.15) is 0 Å². The summed E-state index contributed by atoms with van der Waals surface area (Å²) in [6.07, 6.45) is 11.5. The number of aliphatic hydroxyl groups is 2. The molecule has 0 radical (unpaired) electrons. The van der Waals surface area contributed by atoms with Gasteiger partial charge in [-0.2, -0.15) is 0 Å². The second-order valence-corrected chi connectivity index (χ2v) is 14.8. The smallest absolute Gasteiger partial charge is 0.419 e. The first-order chi connectivity index (χ1) is 17.2. The number of hydrogen-bond acceptors (Lipinski definition) is 5. The molecule has 1 amide bonds. The van der Waals surface area contributed by atoms with Crippen LogP contribution in [0.25, 0.3) is 0 Å². The summed E-state index contributed by atoms with van der Waals surface area (Å²) < 4.78 is 7.50. The van der Waals surface area contributed by atoms with E-state index in [9.17, 15) is 15.0 Å². The second kappa shape index (κ2) is 10.6. The van der Waals surface area contributed by atoms with Crippen LogP contribution in [0.1, 0.15) is 98.3 Å². The molecule has 0 aromatic carbocycles. The molecular weight excluding hydrogens is 470 g/mol. The maximum atomic E-state index is 12.4. The van der Waals surface area contributed by atoms with E-state index < -0.39 is 0 Å². The highest BCUT2D eigenvalue weighted by Crippen LogP contribution is 2.69. The van der Waals surface area contributed by atoms with E-state index >= 15 is 0 Å². The van der Waals surface area contributed by atoms with Gasteiger partial charge in [-0.25, -0.2) is 4.79 Å². The molecule has 4 aliphatic carbocycles. The number of nitrogens with zero attached hydrogens (tertiary/aromatic N) is 1.